The van der Waals surface area contributed by atoms with Crippen molar-refractivity contribution in [2.24, 2.45) is 0 Å². The second-order valence-corrected chi connectivity index (χ2v) is 7.12. The molecule has 1 amide bonds. The van der Waals surface area contributed by atoms with E-state index in [4.69, 9.17) is 4.74 Å². The summed E-state index contributed by atoms with van der Waals surface area (Å²) in [6.45, 7) is 2.98. The average Bonchev–Trinajstić information content (AvgIpc) is 2.97. The van der Waals surface area contributed by atoms with Crippen molar-refractivity contribution in [3.8, 4) is 0 Å². The lowest BCUT2D eigenvalue weighted by Gasteiger charge is -2.42. The molecule has 0 atom stereocenters. The van der Waals surface area contributed by atoms with E-state index in [1.807, 2.05) is 13.0 Å². The average molecular weight is 404 g/mol. The van der Waals surface area contributed by atoms with Crippen LogP contribution in [0.5, 0.6) is 0 Å². The quantitative estimate of drug-likeness (QED) is 0.569. The minimum Gasteiger partial charge on any atom is -0.376 e. The van der Waals surface area contributed by atoms with Crippen LogP contribution in [-0.4, -0.2) is 30.1 Å². The lowest BCUT2D eigenvalue weighted by atomic mass is 9.84. The second-order valence-electron chi connectivity index (χ2n) is 7.12. The smallest absolute Gasteiger partial charge is 0.376 e. The van der Waals surface area contributed by atoms with Gasteiger partial charge in [0.25, 0.3) is 0 Å². The standard InChI is InChI=1S/C12H15NO2.C10H8F3N/c14-10-13-12(8-15-9-12)11-6-4-2-1-3-5-7-11;1-6-4-7-5-8(10(11,12)13)2-3-9(7)14-6/h2-6,10H,1,7-9H2,(H,13,14);2-5,14H,1H3/b4-2?,5-3-,11-6+;. The van der Waals surface area contributed by atoms with Gasteiger partial charge in [0.05, 0.1) is 18.8 Å². The molecule has 4 rings (SSSR count). The number of hydrogen-bond donors (Lipinski definition) is 2. The summed E-state index contributed by atoms with van der Waals surface area (Å²) in [6.07, 6.45) is 8.87. The number of carbonyl (C=O) groups is 1. The summed E-state index contributed by atoms with van der Waals surface area (Å²) >= 11 is 0. The van der Waals surface area contributed by atoms with Crippen molar-refractivity contribution < 1.29 is 22.7 Å². The third-order valence-electron chi connectivity index (χ3n) is 4.94. The number of alkyl halides is 3. The van der Waals surface area contributed by atoms with Crippen molar-refractivity contribution in [2.45, 2.75) is 31.5 Å². The summed E-state index contributed by atoms with van der Waals surface area (Å²) in [5.41, 5.74) is 1.94. The highest BCUT2D eigenvalue weighted by molar-refractivity contribution is 5.81. The number of carbonyl (C=O) groups excluding carboxylic acids is 1. The molecule has 1 saturated heterocycles. The fourth-order valence-electron chi connectivity index (χ4n) is 3.31. The molecule has 1 aliphatic carbocycles. The molecule has 1 aromatic heterocycles. The van der Waals surface area contributed by atoms with Crippen LogP contribution in [0.1, 0.15) is 24.1 Å². The van der Waals surface area contributed by atoms with Gasteiger partial charge in [0.1, 0.15) is 5.54 Å². The fourth-order valence-corrected chi connectivity index (χ4v) is 3.31. The zero-order valence-electron chi connectivity index (χ0n) is 16.1. The number of amides is 1. The first kappa shape index (κ1) is 20.9. The highest BCUT2D eigenvalue weighted by Crippen LogP contribution is 2.31. The van der Waals surface area contributed by atoms with Gasteiger partial charge in [0.2, 0.25) is 6.41 Å². The van der Waals surface area contributed by atoms with Crippen molar-refractivity contribution in [3.63, 3.8) is 0 Å². The molecule has 29 heavy (non-hydrogen) atoms. The summed E-state index contributed by atoms with van der Waals surface area (Å²) in [6, 6.07) is 5.38. The molecule has 1 aromatic carbocycles. The lowest BCUT2D eigenvalue weighted by Crippen LogP contribution is -2.61. The summed E-state index contributed by atoms with van der Waals surface area (Å²) in [7, 11) is 0. The largest absolute Gasteiger partial charge is 0.416 e. The number of allylic oxidation sites excluding steroid dienone is 5. The third-order valence-corrected chi connectivity index (χ3v) is 4.94. The molecule has 2 aromatic rings. The van der Waals surface area contributed by atoms with Crippen LogP contribution in [0, 0.1) is 6.92 Å². The Labute approximate surface area is 167 Å². The van der Waals surface area contributed by atoms with E-state index in [1.54, 1.807) is 6.07 Å². The minimum absolute atomic E-state index is 0.256. The van der Waals surface area contributed by atoms with E-state index in [0.717, 1.165) is 42.6 Å². The van der Waals surface area contributed by atoms with Gasteiger partial charge >= 0.3 is 6.18 Å². The van der Waals surface area contributed by atoms with Gasteiger partial charge < -0.3 is 15.0 Å². The van der Waals surface area contributed by atoms with Crippen molar-refractivity contribution >= 4 is 17.3 Å². The van der Waals surface area contributed by atoms with Crippen LogP contribution in [-0.2, 0) is 15.7 Å². The molecule has 4 nitrogen and oxygen atoms in total. The molecule has 154 valence electrons. The van der Waals surface area contributed by atoms with Gasteiger partial charge in [-0.1, -0.05) is 30.4 Å². The molecule has 0 unspecified atom stereocenters. The van der Waals surface area contributed by atoms with Crippen LogP contribution in [0.25, 0.3) is 10.9 Å². The second kappa shape index (κ2) is 8.69. The van der Waals surface area contributed by atoms with Crippen LogP contribution in [0.2, 0.25) is 0 Å². The number of rotatable bonds is 3. The predicted octanol–water partition coefficient (Wildman–Crippen LogP) is 4.83. The Bertz CT molecular complexity index is 951. The molecule has 0 spiro atoms. The summed E-state index contributed by atoms with van der Waals surface area (Å²) < 4.78 is 42.1. The van der Waals surface area contributed by atoms with E-state index in [9.17, 15) is 18.0 Å². The van der Waals surface area contributed by atoms with Crippen LogP contribution >= 0.6 is 0 Å². The zero-order chi connectivity index (χ0) is 20.9. The molecular formula is C22H23F3N2O2. The molecule has 0 radical (unpaired) electrons. The van der Waals surface area contributed by atoms with Crippen molar-refractivity contribution in [1.29, 1.82) is 0 Å². The van der Waals surface area contributed by atoms with Gasteiger partial charge in [0, 0.05) is 16.6 Å². The third kappa shape index (κ3) is 4.98. The van der Waals surface area contributed by atoms with Crippen LogP contribution < -0.4 is 5.32 Å². The van der Waals surface area contributed by atoms with Gasteiger partial charge in [-0.2, -0.15) is 13.2 Å². The first-order valence-corrected chi connectivity index (χ1v) is 9.31. The number of aryl methyl sites for hydroxylation is 1. The molecule has 0 saturated carbocycles. The number of hydrogen-bond acceptors (Lipinski definition) is 2. The van der Waals surface area contributed by atoms with Gasteiger partial charge in [-0.3, -0.25) is 4.79 Å². The maximum Gasteiger partial charge on any atom is 0.416 e. The number of benzene rings is 1. The highest BCUT2D eigenvalue weighted by atomic mass is 19.4. The van der Waals surface area contributed by atoms with Crippen LogP contribution in [0.15, 0.2) is 60.2 Å². The number of ether oxygens (including phenoxy) is 1. The Kier molecular flexibility index (Phi) is 6.27. The number of H-pyrrole nitrogens is 1. The first-order chi connectivity index (χ1) is 13.8. The lowest BCUT2D eigenvalue weighted by molar-refractivity contribution is -0.137. The van der Waals surface area contributed by atoms with Gasteiger partial charge in [-0.15, -0.1) is 0 Å². The number of nitrogens with one attached hydrogen (secondary N) is 2. The molecule has 7 heteroatoms. The topological polar surface area (TPSA) is 54.1 Å². The summed E-state index contributed by atoms with van der Waals surface area (Å²) in [5, 5.41) is 3.47. The van der Waals surface area contributed by atoms with Gasteiger partial charge in [-0.25, -0.2) is 0 Å². The Morgan fingerprint density at radius 1 is 1.17 bits per heavy atom. The van der Waals surface area contributed by atoms with Crippen LogP contribution in [0.4, 0.5) is 13.2 Å². The number of aromatic nitrogens is 1. The predicted molar refractivity (Wildman–Crippen MR) is 106 cm³/mol. The Balaban J connectivity index is 0.000000166. The van der Waals surface area contributed by atoms with E-state index < -0.39 is 11.7 Å². The Morgan fingerprint density at radius 3 is 2.62 bits per heavy atom. The molecule has 2 heterocycles. The number of halogens is 3. The van der Waals surface area contributed by atoms with Gasteiger partial charge in [0.15, 0.2) is 0 Å². The molecular weight excluding hydrogens is 381 g/mol. The minimum atomic E-state index is -4.26. The van der Waals surface area contributed by atoms with Gasteiger partial charge in [-0.05, 0) is 49.6 Å². The first-order valence-electron chi connectivity index (χ1n) is 9.31. The summed E-state index contributed by atoms with van der Waals surface area (Å²) in [4.78, 5) is 13.5. The monoisotopic (exact) mass is 404 g/mol. The Hall–Kier alpha value is -2.80. The van der Waals surface area contributed by atoms with E-state index in [-0.39, 0.29) is 5.54 Å². The fraction of sp³-hybridized carbons (Fsp3) is 0.318. The molecule has 1 fully saturated rings. The van der Waals surface area contributed by atoms with Crippen molar-refractivity contribution in [1.82, 2.24) is 10.3 Å². The van der Waals surface area contributed by atoms with Crippen molar-refractivity contribution in [2.75, 3.05) is 13.2 Å². The maximum atomic E-state index is 12.3. The van der Waals surface area contributed by atoms with Crippen LogP contribution in [0.3, 0.4) is 0 Å². The molecule has 0 bridgehead atoms. The number of aromatic amines is 1. The summed E-state index contributed by atoms with van der Waals surface area (Å²) in [5.74, 6) is 0. The van der Waals surface area contributed by atoms with E-state index in [2.05, 4.69) is 34.6 Å². The van der Waals surface area contributed by atoms with E-state index in [0.29, 0.717) is 18.6 Å². The Morgan fingerprint density at radius 2 is 1.97 bits per heavy atom. The van der Waals surface area contributed by atoms with E-state index in [1.165, 1.54) is 11.6 Å². The molecule has 1 aliphatic heterocycles. The van der Waals surface area contributed by atoms with Crippen molar-refractivity contribution in [3.05, 3.63) is 71.5 Å². The van der Waals surface area contributed by atoms with E-state index >= 15 is 0 Å². The highest BCUT2D eigenvalue weighted by Gasteiger charge is 2.41. The molecule has 2 N–H and O–H groups in total. The maximum absolute atomic E-state index is 12.3. The zero-order valence-corrected chi connectivity index (χ0v) is 16.1. The number of fused-ring (bicyclic) bond motifs is 1. The SMILES string of the molecule is Cc1cc2cc(C(F)(F)F)ccc2[nH]1.O=CNC1(/C2=C/C=CC/C=C\C2)COC1. The normalized spacial score (nSPS) is 20.9. The molecule has 2 aliphatic rings.